The molecule has 2 unspecified atom stereocenters. The van der Waals surface area contributed by atoms with Gasteiger partial charge in [0.15, 0.2) is 0 Å². The summed E-state index contributed by atoms with van der Waals surface area (Å²) in [6.45, 7) is 0. The van der Waals surface area contributed by atoms with Crippen LogP contribution < -0.4 is 10.2 Å². The van der Waals surface area contributed by atoms with Gasteiger partial charge in [-0.25, -0.2) is 0 Å². The van der Waals surface area contributed by atoms with Crippen LogP contribution in [0.4, 0.5) is 0 Å². The van der Waals surface area contributed by atoms with E-state index in [1.54, 1.807) is 0 Å². The Morgan fingerprint density at radius 1 is 0.923 bits per heavy atom. The smallest absolute Gasteiger partial charge is 0.550 e. The number of aliphatic carboxylic acids is 2. The number of carbonyl (C=O) groups excluding carboxylic acids is 2. The van der Waals surface area contributed by atoms with Gasteiger partial charge in [-0.3, -0.25) is 0 Å². The molecule has 5 heteroatoms. The van der Waals surface area contributed by atoms with E-state index in [4.69, 9.17) is 0 Å². The third kappa shape index (κ3) is 3.00. The van der Waals surface area contributed by atoms with Crippen LogP contribution in [-0.4, -0.2) is 11.9 Å². The van der Waals surface area contributed by atoms with E-state index in [2.05, 4.69) is 0 Å². The third-order valence-corrected chi connectivity index (χ3v) is 2.37. The average molecular weight is 229 g/mol. The van der Waals surface area contributed by atoms with Gasteiger partial charge < -0.3 is 19.8 Å². The number of carboxylic acid groups (broad SMARTS) is 2. The van der Waals surface area contributed by atoms with Crippen LogP contribution in [0.2, 0.25) is 0 Å². The van der Waals surface area contributed by atoms with Crippen molar-refractivity contribution in [2.75, 3.05) is 0 Å². The molecule has 0 bridgehead atoms. The zero-order valence-electron chi connectivity index (χ0n) is 6.95. The quantitative estimate of drug-likeness (QED) is 0.564. The molecule has 0 aromatic heterocycles. The fourth-order valence-electron chi connectivity index (χ4n) is 1.70. The average Bonchev–Trinajstić information content (AvgIpc) is 2.04. The van der Waals surface area contributed by atoms with Gasteiger partial charge in [-0.1, -0.05) is 12.8 Å². The van der Waals surface area contributed by atoms with E-state index in [0.717, 1.165) is 12.8 Å². The van der Waals surface area contributed by atoms with Crippen LogP contribution in [-0.2, 0) is 26.4 Å². The van der Waals surface area contributed by atoms with E-state index in [1.165, 1.54) is 0 Å². The molecule has 0 aromatic carbocycles. The van der Waals surface area contributed by atoms with E-state index < -0.39 is 23.8 Å². The summed E-state index contributed by atoms with van der Waals surface area (Å²) in [5.41, 5.74) is 0. The van der Waals surface area contributed by atoms with Crippen LogP contribution >= 0.6 is 0 Å². The van der Waals surface area contributed by atoms with Crippen LogP contribution in [0.1, 0.15) is 25.7 Å². The first kappa shape index (κ1) is 12.4. The van der Waals surface area contributed by atoms with Crippen LogP contribution in [0.3, 0.4) is 0 Å². The molecule has 1 aliphatic rings. The second kappa shape index (κ2) is 5.24. The maximum atomic E-state index is 10.5. The minimum atomic E-state index is -1.26. The van der Waals surface area contributed by atoms with Gasteiger partial charge in [-0.05, 0) is 12.8 Å². The number of carboxylic acids is 2. The van der Waals surface area contributed by atoms with Gasteiger partial charge in [-0.2, -0.15) is 0 Å². The van der Waals surface area contributed by atoms with E-state index in [1.807, 2.05) is 0 Å². The van der Waals surface area contributed by atoms with Gasteiger partial charge in [0.05, 0.1) is 0 Å². The van der Waals surface area contributed by atoms with Crippen molar-refractivity contribution >= 4 is 11.9 Å². The van der Waals surface area contributed by atoms with Crippen molar-refractivity contribution in [3.05, 3.63) is 0 Å². The van der Waals surface area contributed by atoms with E-state index in [0.29, 0.717) is 12.8 Å². The van der Waals surface area contributed by atoms with Gasteiger partial charge in [0.1, 0.15) is 0 Å². The zero-order chi connectivity index (χ0) is 9.14. The fraction of sp³-hybridized carbons (Fsp3) is 0.750. The largest absolute Gasteiger partial charge is 2.00 e. The molecule has 0 saturated heterocycles. The normalized spacial score (nSPS) is 27.4. The standard InChI is InChI=1S/C8H12O4.Co/c9-7(10)5-3-1-2-4-6(5)8(11)12;/h5-6H,1-4H2,(H,9,10)(H,11,12);/q;+2/p-2. The SMILES string of the molecule is O=C([O-])C1CCCCC1C(=O)[O-].[Co+2]. The van der Waals surface area contributed by atoms with Crippen LogP contribution in [0.25, 0.3) is 0 Å². The van der Waals surface area contributed by atoms with Crippen molar-refractivity contribution in [2.45, 2.75) is 25.7 Å². The topological polar surface area (TPSA) is 80.3 Å². The van der Waals surface area contributed by atoms with E-state index in [9.17, 15) is 19.8 Å². The Bertz CT molecular complexity index is 182. The van der Waals surface area contributed by atoms with Crippen molar-refractivity contribution in [3.8, 4) is 0 Å². The van der Waals surface area contributed by atoms with Crippen molar-refractivity contribution in [2.24, 2.45) is 11.8 Å². The maximum absolute atomic E-state index is 10.5. The number of hydrogen-bond donors (Lipinski definition) is 0. The Kier molecular flexibility index (Phi) is 5.01. The summed E-state index contributed by atoms with van der Waals surface area (Å²) in [5.74, 6) is -4.21. The molecule has 0 heterocycles. The number of rotatable bonds is 2. The predicted molar refractivity (Wildman–Crippen MR) is 35.5 cm³/mol. The second-order valence-corrected chi connectivity index (χ2v) is 3.14. The second-order valence-electron chi connectivity index (χ2n) is 3.14. The molecule has 1 radical (unpaired) electrons. The molecule has 75 valence electrons. The van der Waals surface area contributed by atoms with Gasteiger partial charge in [-0.15, -0.1) is 0 Å². The Morgan fingerprint density at radius 3 is 1.46 bits per heavy atom. The monoisotopic (exact) mass is 229 g/mol. The molecule has 0 aromatic rings. The first-order valence-electron chi connectivity index (χ1n) is 4.04. The molecule has 0 amide bonds. The summed E-state index contributed by atoms with van der Waals surface area (Å²) in [6.07, 6.45) is 2.34. The maximum Gasteiger partial charge on any atom is 2.00 e. The molecular formula is C8H10CoO4. The van der Waals surface area contributed by atoms with E-state index in [-0.39, 0.29) is 16.8 Å². The summed E-state index contributed by atoms with van der Waals surface area (Å²) >= 11 is 0. The molecule has 2 atom stereocenters. The minimum absolute atomic E-state index is 0. The molecular weight excluding hydrogens is 219 g/mol. The third-order valence-electron chi connectivity index (χ3n) is 2.37. The fourth-order valence-corrected chi connectivity index (χ4v) is 1.70. The summed E-state index contributed by atoms with van der Waals surface area (Å²) in [5, 5.41) is 20.9. The Balaban J connectivity index is 0.00000144. The molecule has 1 aliphatic carbocycles. The van der Waals surface area contributed by atoms with Crippen molar-refractivity contribution in [1.29, 1.82) is 0 Å². The summed E-state index contributed by atoms with van der Waals surface area (Å²) < 4.78 is 0. The Morgan fingerprint density at radius 2 is 1.23 bits per heavy atom. The number of carbonyl (C=O) groups is 2. The Hall–Kier alpha value is -0.554. The molecule has 0 spiro atoms. The van der Waals surface area contributed by atoms with Gasteiger partial charge in [0, 0.05) is 23.8 Å². The summed E-state index contributed by atoms with van der Waals surface area (Å²) in [6, 6.07) is 0. The van der Waals surface area contributed by atoms with E-state index >= 15 is 0 Å². The van der Waals surface area contributed by atoms with Crippen molar-refractivity contribution < 1.29 is 36.6 Å². The van der Waals surface area contributed by atoms with Crippen LogP contribution in [0, 0.1) is 11.8 Å². The molecule has 0 aliphatic heterocycles. The first-order valence-corrected chi connectivity index (χ1v) is 4.04. The zero-order valence-corrected chi connectivity index (χ0v) is 7.99. The van der Waals surface area contributed by atoms with Crippen molar-refractivity contribution in [3.63, 3.8) is 0 Å². The molecule has 4 nitrogen and oxygen atoms in total. The molecule has 1 fully saturated rings. The summed E-state index contributed by atoms with van der Waals surface area (Å²) in [7, 11) is 0. The van der Waals surface area contributed by atoms with Crippen LogP contribution in [0.15, 0.2) is 0 Å². The molecule has 13 heavy (non-hydrogen) atoms. The van der Waals surface area contributed by atoms with Crippen LogP contribution in [0.5, 0.6) is 0 Å². The minimum Gasteiger partial charge on any atom is -0.550 e. The molecule has 1 saturated carbocycles. The van der Waals surface area contributed by atoms with Gasteiger partial charge >= 0.3 is 16.8 Å². The predicted octanol–water partition coefficient (Wildman–Crippen LogP) is -1.71. The van der Waals surface area contributed by atoms with Gasteiger partial charge in [0.2, 0.25) is 0 Å². The van der Waals surface area contributed by atoms with Crippen molar-refractivity contribution in [1.82, 2.24) is 0 Å². The van der Waals surface area contributed by atoms with Gasteiger partial charge in [0.25, 0.3) is 0 Å². The molecule has 0 N–H and O–H groups in total. The summed E-state index contributed by atoms with van der Waals surface area (Å²) in [4.78, 5) is 20.9. The number of hydrogen-bond acceptors (Lipinski definition) is 4. The first-order chi connectivity index (χ1) is 5.63. The molecule has 1 rings (SSSR count). The Labute approximate surface area is 86.5 Å².